The predicted octanol–water partition coefficient (Wildman–Crippen LogP) is 5.12. The van der Waals surface area contributed by atoms with Gasteiger partial charge in [-0.2, -0.15) is 4.98 Å². The number of ether oxygens (including phenoxy) is 1. The average molecular weight is 439 g/mol. The minimum atomic E-state index is -0.337. The molecule has 1 heterocycles. The average Bonchev–Trinajstić information content (AvgIpc) is 3.23. The number of nitrogens with one attached hydrogen (secondary N) is 1. The molecule has 0 unspecified atom stereocenters. The van der Waals surface area contributed by atoms with Gasteiger partial charge in [0.15, 0.2) is 6.61 Å². The first kappa shape index (κ1) is 21.8. The Kier molecular flexibility index (Phi) is 6.68. The quantitative estimate of drug-likeness (QED) is 0.552. The van der Waals surface area contributed by atoms with Crippen LogP contribution >= 0.6 is 0 Å². The second kappa shape index (κ2) is 9.80. The van der Waals surface area contributed by atoms with Crippen LogP contribution in [0.4, 0.5) is 15.8 Å². The first-order valence-corrected chi connectivity index (χ1v) is 10.9. The molecule has 1 aromatic heterocycles. The van der Waals surface area contributed by atoms with E-state index in [1.165, 1.54) is 25.3 Å². The van der Waals surface area contributed by atoms with E-state index in [2.05, 4.69) is 15.5 Å². The van der Waals surface area contributed by atoms with E-state index in [1.54, 1.807) is 43.3 Å². The maximum absolute atomic E-state index is 14.8. The Labute approximate surface area is 186 Å². The number of nitrogens with zero attached hydrogens (tertiary/aromatic N) is 3. The standard InChI is InChI=1S/C24H27FN4O3/c1-16-26-23(28-32-16)15-31-20-11-8-17(9-12-20)24(30)27-18-10-13-22(21(25)14-18)29(2)19-6-4-3-5-7-19/h8-14,19H,3-7,15H2,1-2H3,(H,27,30). The van der Waals surface area contributed by atoms with E-state index >= 15 is 0 Å². The van der Waals surface area contributed by atoms with Crippen molar-refractivity contribution in [3.05, 3.63) is 65.6 Å². The lowest BCUT2D eigenvalue weighted by atomic mass is 9.94. The molecule has 1 aliphatic carbocycles. The highest BCUT2D eigenvalue weighted by atomic mass is 19.1. The lowest BCUT2D eigenvalue weighted by Crippen LogP contribution is -2.33. The number of anilines is 2. The molecular formula is C24H27FN4O3. The third-order valence-electron chi connectivity index (χ3n) is 5.76. The second-order valence-corrected chi connectivity index (χ2v) is 8.07. The van der Waals surface area contributed by atoms with Gasteiger partial charge >= 0.3 is 0 Å². The fraction of sp³-hybridized carbons (Fsp3) is 0.375. The molecule has 1 aliphatic rings. The van der Waals surface area contributed by atoms with E-state index in [9.17, 15) is 9.18 Å². The Morgan fingerprint density at radius 1 is 1.19 bits per heavy atom. The Morgan fingerprint density at radius 3 is 2.59 bits per heavy atom. The minimum absolute atomic E-state index is 0.170. The molecule has 7 nitrogen and oxygen atoms in total. The zero-order valence-electron chi connectivity index (χ0n) is 18.3. The monoisotopic (exact) mass is 438 g/mol. The number of aromatic nitrogens is 2. The maximum atomic E-state index is 14.8. The third-order valence-corrected chi connectivity index (χ3v) is 5.76. The summed E-state index contributed by atoms with van der Waals surface area (Å²) in [6.07, 6.45) is 5.80. The molecule has 8 heteroatoms. The van der Waals surface area contributed by atoms with Gasteiger partial charge in [-0.15, -0.1) is 0 Å². The van der Waals surface area contributed by atoms with Gasteiger partial charge in [0.05, 0.1) is 5.69 Å². The Balaban J connectivity index is 1.35. The number of rotatable bonds is 7. The molecule has 0 atom stereocenters. The molecule has 4 rings (SSSR count). The van der Waals surface area contributed by atoms with Gasteiger partial charge in [-0.1, -0.05) is 24.4 Å². The highest BCUT2D eigenvalue weighted by Crippen LogP contribution is 2.29. The van der Waals surface area contributed by atoms with E-state index in [4.69, 9.17) is 9.26 Å². The molecule has 1 fully saturated rings. The van der Waals surface area contributed by atoms with Crippen LogP contribution in [0.3, 0.4) is 0 Å². The number of hydrogen-bond acceptors (Lipinski definition) is 6. The molecule has 168 valence electrons. The lowest BCUT2D eigenvalue weighted by Gasteiger charge is -2.33. The number of carbonyl (C=O) groups excluding carboxylic acids is 1. The number of carbonyl (C=O) groups is 1. The summed E-state index contributed by atoms with van der Waals surface area (Å²) in [6, 6.07) is 11.9. The van der Waals surface area contributed by atoms with Crippen molar-refractivity contribution in [1.82, 2.24) is 10.1 Å². The zero-order chi connectivity index (χ0) is 22.5. The van der Waals surface area contributed by atoms with Gasteiger partial charge in [-0.05, 0) is 55.3 Å². The van der Waals surface area contributed by atoms with Gasteiger partial charge < -0.3 is 19.5 Å². The highest BCUT2D eigenvalue weighted by molar-refractivity contribution is 6.04. The predicted molar refractivity (Wildman–Crippen MR) is 119 cm³/mol. The van der Waals surface area contributed by atoms with Crippen molar-refractivity contribution >= 4 is 17.3 Å². The molecule has 0 aliphatic heterocycles. The number of halogens is 1. The highest BCUT2D eigenvalue weighted by Gasteiger charge is 2.21. The molecule has 32 heavy (non-hydrogen) atoms. The Morgan fingerprint density at radius 2 is 1.94 bits per heavy atom. The number of aryl methyl sites for hydroxylation is 1. The summed E-state index contributed by atoms with van der Waals surface area (Å²) in [4.78, 5) is 18.7. The van der Waals surface area contributed by atoms with Crippen LogP contribution < -0.4 is 15.0 Å². The largest absolute Gasteiger partial charge is 0.485 e. The smallest absolute Gasteiger partial charge is 0.255 e. The van der Waals surface area contributed by atoms with Crippen molar-refractivity contribution in [1.29, 1.82) is 0 Å². The Hall–Kier alpha value is -3.42. The number of benzene rings is 2. The summed E-state index contributed by atoms with van der Waals surface area (Å²) >= 11 is 0. The molecule has 1 N–H and O–H groups in total. The van der Waals surface area contributed by atoms with Gasteiger partial charge in [-0.25, -0.2) is 4.39 Å². The van der Waals surface area contributed by atoms with Gasteiger partial charge in [0.25, 0.3) is 5.91 Å². The molecule has 1 amide bonds. The zero-order valence-corrected chi connectivity index (χ0v) is 18.3. The Bertz CT molecular complexity index is 1060. The van der Waals surface area contributed by atoms with E-state index in [0.29, 0.717) is 40.4 Å². The molecule has 0 spiro atoms. The van der Waals surface area contributed by atoms with Crippen LogP contribution in [0.5, 0.6) is 5.75 Å². The van der Waals surface area contributed by atoms with Gasteiger partial charge in [-0.3, -0.25) is 4.79 Å². The molecule has 0 radical (unpaired) electrons. The van der Waals surface area contributed by atoms with E-state index in [1.807, 2.05) is 11.9 Å². The topological polar surface area (TPSA) is 80.5 Å². The fourth-order valence-corrected chi connectivity index (χ4v) is 3.99. The van der Waals surface area contributed by atoms with Gasteiger partial charge in [0.2, 0.25) is 11.7 Å². The molecular weight excluding hydrogens is 411 g/mol. The molecule has 0 bridgehead atoms. The molecule has 0 saturated heterocycles. The molecule has 2 aromatic carbocycles. The summed E-state index contributed by atoms with van der Waals surface area (Å²) in [5.41, 5.74) is 1.42. The minimum Gasteiger partial charge on any atom is -0.485 e. The first-order valence-electron chi connectivity index (χ1n) is 10.9. The van der Waals surface area contributed by atoms with Crippen LogP contribution in [0.1, 0.15) is 54.2 Å². The summed E-state index contributed by atoms with van der Waals surface area (Å²) in [5, 5.41) is 6.52. The number of amides is 1. The van der Waals surface area contributed by atoms with E-state index in [-0.39, 0.29) is 18.3 Å². The van der Waals surface area contributed by atoms with Gasteiger partial charge in [0.1, 0.15) is 11.6 Å². The van der Waals surface area contributed by atoms with Crippen molar-refractivity contribution in [2.75, 3.05) is 17.3 Å². The van der Waals surface area contributed by atoms with Crippen molar-refractivity contribution in [3.8, 4) is 5.75 Å². The van der Waals surface area contributed by atoms with Crippen molar-refractivity contribution in [2.45, 2.75) is 51.7 Å². The van der Waals surface area contributed by atoms with Crippen molar-refractivity contribution < 1.29 is 18.4 Å². The van der Waals surface area contributed by atoms with E-state index in [0.717, 1.165) is 12.8 Å². The fourth-order valence-electron chi connectivity index (χ4n) is 3.99. The van der Waals surface area contributed by atoms with Crippen LogP contribution in [0, 0.1) is 12.7 Å². The first-order chi connectivity index (χ1) is 15.5. The lowest BCUT2D eigenvalue weighted by molar-refractivity contribution is 0.102. The van der Waals surface area contributed by atoms with Crippen LogP contribution in [-0.4, -0.2) is 29.1 Å². The van der Waals surface area contributed by atoms with Gasteiger partial charge in [0, 0.05) is 31.3 Å². The maximum Gasteiger partial charge on any atom is 0.255 e. The number of hydrogen-bond donors (Lipinski definition) is 1. The molecule has 3 aromatic rings. The third kappa shape index (κ3) is 5.25. The van der Waals surface area contributed by atoms with Crippen LogP contribution in [0.15, 0.2) is 47.0 Å². The van der Waals surface area contributed by atoms with Crippen LogP contribution in [-0.2, 0) is 6.61 Å². The van der Waals surface area contributed by atoms with Crippen LogP contribution in [0.25, 0.3) is 0 Å². The normalized spacial score (nSPS) is 14.2. The van der Waals surface area contributed by atoms with E-state index < -0.39 is 0 Å². The summed E-state index contributed by atoms with van der Waals surface area (Å²) in [5.74, 6) is 0.837. The van der Waals surface area contributed by atoms with Crippen molar-refractivity contribution in [3.63, 3.8) is 0 Å². The second-order valence-electron chi connectivity index (χ2n) is 8.07. The van der Waals surface area contributed by atoms with Crippen LogP contribution in [0.2, 0.25) is 0 Å². The molecule has 1 saturated carbocycles. The van der Waals surface area contributed by atoms with Crippen molar-refractivity contribution in [2.24, 2.45) is 0 Å². The summed E-state index contributed by atoms with van der Waals surface area (Å²) in [6.45, 7) is 1.88. The SMILES string of the molecule is Cc1nc(COc2ccc(C(=O)Nc3ccc(N(C)C4CCCCC4)c(F)c3)cc2)no1. The summed E-state index contributed by atoms with van der Waals surface area (Å²) < 4.78 is 25.2. The summed E-state index contributed by atoms with van der Waals surface area (Å²) in [7, 11) is 1.94.